The van der Waals surface area contributed by atoms with Gasteiger partial charge in [0.05, 0.1) is 11.4 Å². The summed E-state index contributed by atoms with van der Waals surface area (Å²) in [5.41, 5.74) is 2.08. The topological polar surface area (TPSA) is 53.7 Å². The second-order valence-electron chi connectivity index (χ2n) is 5.73. The van der Waals surface area contributed by atoms with E-state index >= 15 is 0 Å². The quantitative estimate of drug-likeness (QED) is 0.665. The lowest BCUT2D eigenvalue weighted by Crippen LogP contribution is -2.40. The van der Waals surface area contributed by atoms with E-state index in [1.165, 1.54) is 0 Å². The highest BCUT2D eigenvalue weighted by Gasteiger charge is 2.25. The van der Waals surface area contributed by atoms with E-state index in [-0.39, 0.29) is 0 Å². The first-order chi connectivity index (χ1) is 9.67. The molecule has 1 aliphatic heterocycles. The number of hydrogen-bond donors (Lipinski definition) is 1. The molecule has 0 saturated carbocycles. The second-order valence-corrected chi connectivity index (χ2v) is 5.73. The van der Waals surface area contributed by atoms with Crippen LogP contribution in [0.25, 0.3) is 0 Å². The summed E-state index contributed by atoms with van der Waals surface area (Å²) >= 11 is 0. The Balaban J connectivity index is 1.95. The van der Waals surface area contributed by atoms with Gasteiger partial charge < -0.3 is 5.21 Å². The first-order valence-corrected chi connectivity index (χ1v) is 7.65. The van der Waals surface area contributed by atoms with Crippen LogP contribution in [0.5, 0.6) is 0 Å². The Morgan fingerprint density at radius 3 is 2.95 bits per heavy atom. The van der Waals surface area contributed by atoms with Gasteiger partial charge in [-0.25, -0.2) is 0 Å². The Bertz CT molecular complexity index is 454. The Labute approximate surface area is 121 Å². The van der Waals surface area contributed by atoms with E-state index in [0.29, 0.717) is 12.0 Å². The number of piperidine rings is 1. The standard InChI is InChI=1S/C15H26N4O/c1-4-12(3)19-9-6-14(16-19)11-18-8-7-15(17-20)13(5-2)10-18/h6,9,12-13,20H,4-5,7-8,10-11H2,1-3H3/b17-15-. The highest BCUT2D eigenvalue weighted by molar-refractivity contribution is 5.87. The molecule has 0 aliphatic carbocycles. The summed E-state index contributed by atoms with van der Waals surface area (Å²) in [4.78, 5) is 2.41. The molecular weight excluding hydrogens is 252 g/mol. The molecule has 2 heterocycles. The van der Waals surface area contributed by atoms with Gasteiger partial charge in [-0.05, 0) is 25.8 Å². The van der Waals surface area contributed by atoms with E-state index in [9.17, 15) is 0 Å². The monoisotopic (exact) mass is 278 g/mol. The summed E-state index contributed by atoms with van der Waals surface area (Å²) in [5, 5.41) is 17.1. The largest absolute Gasteiger partial charge is 0.411 e. The third-order valence-corrected chi connectivity index (χ3v) is 4.35. The van der Waals surface area contributed by atoms with Crippen molar-refractivity contribution in [2.45, 2.75) is 52.6 Å². The molecule has 0 radical (unpaired) electrons. The molecule has 1 aliphatic rings. The minimum atomic E-state index is 0.380. The van der Waals surface area contributed by atoms with Crippen LogP contribution in [0.2, 0.25) is 0 Å². The van der Waals surface area contributed by atoms with E-state index in [4.69, 9.17) is 5.21 Å². The van der Waals surface area contributed by atoms with Crippen molar-refractivity contribution in [2.24, 2.45) is 11.1 Å². The van der Waals surface area contributed by atoms with Crippen LogP contribution in [0.15, 0.2) is 17.4 Å². The van der Waals surface area contributed by atoms with Crippen molar-refractivity contribution in [2.75, 3.05) is 13.1 Å². The molecule has 1 aromatic rings. The molecule has 0 amide bonds. The summed E-state index contributed by atoms with van der Waals surface area (Å²) < 4.78 is 2.05. The van der Waals surface area contributed by atoms with Crippen molar-refractivity contribution in [1.29, 1.82) is 0 Å². The second kappa shape index (κ2) is 6.88. The molecule has 2 atom stereocenters. The van der Waals surface area contributed by atoms with Crippen molar-refractivity contribution in [1.82, 2.24) is 14.7 Å². The fourth-order valence-corrected chi connectivity index (χ4v) is 2.75. The molecule has 0 spiro atoms. The average Bonchev–Trinajstić information content (AvgIpc) is 2.94. The van der Waals surface area contributed by atoms with Crippen LogP contribution < -0.4 is 0 Å². The molecular formula is C15H26N4O. The molecule has 0 bridgehead atoms. The van der Waals surface area contributed by atoms with Crippen LogP contribution in [0.4, 0.5) is 0 Å². The van der Waals surface area contributed by atoms with Crippen molar-refractivity contribution < 1.29 is 5.21 Å². The fraction of sp³-hybridized carbons (Fsp3) is 0.733. The van der Waals surface area contributed by atoms with Crippen LogP contribution in [0, 0.1) is 5.92 Å². The van der Waals surface area contributed by atoms with Crippen molar-refractivity contribution >= 4 is 5.71 Å². The predicted octanol–water partition coefficient (Wildman–Crippen LogP) is 2.92. The summed E-state index contributed by atoms with van der Waals surface area (Å²) in [5.74, 6) is 0.380. The maximum Gasteiger partial charge on any atom is 0.0764 e. The number of nitrogens with zero attached hydrogens (tertiary/aromatic N) is 4. The van der Waals surface area contributed by atoms with Crippen LogP contribution in [0.3, 0.4) is 0 Å². The SMILES string of the molecule is CCC1CN(Cc2ccn(C(C)CC)n2)CC/C1=N/O. The number of hydrogen-bond acceptors (Lipinski definition) is 4. The zero-order valence-electron chi connectivity index (χ0n) is 12.8. The average molecular weight is 278 g/mol. The molecule has 1 fully saturated rings. The molecule has 0 aromatic carbocycles. The van der Waals surface area contributed by atoms with Crippen molar-refractivity contribution in [3.8, 4) is 0 Å². The molecule has 2 rings (SSSR count). The minimum absolute atomic E-state index is 0.380. The van der Waals surface area contributed by atoms with Crippen LogP contribution in [-0.2, 0) is 6.54 Å². The lowest BCUT2D eigenvalue weighted by atomic mass is 9.93. The van der Waals surface area contributed by atoms with Gasteiger partial charge in [-0.1, -0.05) is 19.0 Å². The molecule has 1 aromatic heterocycles. The molecule has 2 unspecified atom stereocenters. The zero-order chi connectivity index (χ0) is 14.5. The molecule has 5 nitrogen and oxygen atoms in total. The predicted molar refractivity (Wildman–Crippen MR) is 80.1 cm³/mol. The zero-order valence-corrected chi connectivity index (χ0v) is 12.8. The van der Waals surface area contributed by atoms with Gasteiger partial charge in [0.2, 0.25) is 0 Å². The normalized spacial score (nSPS) is 24.1. The lowest BCUT2D eigenvalue weighted by Gasteiger charge is -2.32. The molecule has 112 valence electrons. The van der Waals surface area contributed by atoms with Crippen molar-refractivity contribution in [3.63, 3.8) is 0 Å². The van der Waals surface area contributed by atoms with E-state index in [1.54, 1.807) is 0 Å². The van der Waals surface area contributed by atoms with Crippen LogP contribution in [-0.4, -0.2) is 38.7 Å². The fourth-order valence-electron chi connectivity index (χ4n) is 2.75. The third kappa shape index (κ3) is 3.39. The van der Waals surface area contributed by atoms with Crippen LogP contribution >= 0.6 is 0 Å². The first-order valence-electron chi connectivity index (χ1n) is 7.65. The highest BCUT2D eigenvalue weighted by atomic mass is 16.4. The number of aromatic nitrogens is 2. The Hall–Kier alpha value is -1.36. The van der Waals surface area contributed by atoms with Crippen LogP contribution in [0.1, 0.15) is 51.8 Å². The number of likely N-dealkylation sites (tertiary alicyclic amines) is 1. The van der Waals surface area contributed by atoms with Gasteiger partial charge in [-0.15, -0.1) is 0 Å². The van der Waals surface area contributed by atoms with E-state index in [0.717, 1.165) is 50.3 Å². The first kappa shape index (κ1) is 15.0. The maximum atomic E-state index is 9.01. The van der Waals surface area contributed by atoms with Gasteiger partial charge in [0, 0.05) is 44.2 Å². The summed E-state index contributed by atoms with van der Waals surface area (Å²) in [6.45, 7) is 9.32. The van der Waals surface area contributed by atoms with Gasteiger partial charge in [-0.3, -0.25) is 9.58 Å². The molecule has 1 N–H and O–H groups in total. The van der Waals surface area contributed by atoms with Crippen molar-refractivity contribution in [3.05, 3.63) is 18.0 Å². The van der Waals surface area contributed by atoms with Gasteiger partial charge >= 0.3 is 0 Å². The molecule has 1 saturated heterocycles. The Morgan fingerprint density at radius 1 is 1.50 bits per heavy atom. The highest BCUT2D eigenvalue weighted by Crippen LogP contribution is 2.19. The molecule has 20 heavy (non-hydrogen) atoms. The Morgan fingerprint density at radius 2 is 2.30 bits per heavy atom. The van der Waals surface area contributed by atoms with Gasteiger partial charge in [0.1, 0.15) is 0 Å². The van der Waals surface area contributed by atoms with E-state index < -0.39 is 0 Å². The van der Waals surface area contributed by atoms with Gasteiger partial charge in [0.15, 0.2) is 0 Å². The summed E-state index contributed by atoms with van der Waals surface area (Å²) in [6.07, 6.45) is 5.06. The number of oxime groups is 1. The van der Waals surface area contributed by atoms with Gasteiger partial charge in [0.25, 0.3) is 0 Å². The lowest BCUT2D eigenvalue weighted by molar-refractivity contribution is 0.217. The maximum absolute atomic E-state index is 9.01. The minimum Gasteiger partial charge on any atom is -0.411 e. The van der Waals surface area contributed by atoms with Gasteiger partial charge in [-0.2, -0.15) is 5.10 Å². The smallest absolute Gasteiger partial charge is 0.0764 e. The molecule has 5 heteroatoms. The Kier molecular flexibility index (Phi) is 5.17. The summed E-state index contributed by atoms with van der Waals surface area (Å²) in [6, 6.07) is 2.57. The third-order valence-electron chi connectivity index (χ3n) is 4.35. The van der Waals surface area contributed by atoms with E-state index in [1.807, 2.05) is 0 Å². The van der Waals surface area contributed by atoms with E-state index in [2.05, 4.69) is 52.9 Å². The summed E-state index contributed by atoms with van der Waals surface area (Å²) in [7, 11) is 0. The number of rotatable bonds is 5.